The van der Waals surface area contributed by atoms with Gasteiger partial charge in [0.15, 0.2) is 5.96 Å². The van der Waals surface area contributed by atoms with E-state index in [1.807, 2.05) is 0 Å². The third-order valence-electron chi connectivity index (χ3n) is 4.28. The Morgan fingerprint density at radius 1 is 1.05 bits per heavy atom. The molecule has 0 amide bonds. The third-order valence-corrected chi connectivity index (χ3v) is 4.28. The zero-order chi connectivity index (χ0) is 14.6. The van der Waals surface area contributed by atoms with Gasteiger partial charge in [-0.15, -0.1) is 24.0 Å². The molecule has 0 radical (unpaired) electrons. The molecule has 124 valence electrons. The maximum Gasteiger partial charge on any atom is 0.391 e. The standard InChI is InChI=1S/C14H24F3N3.HI/c1-18-13(19-8-10-5-6-10)20-9-11-3-2-4-12(7-11)14(15,16)17;/h10-12H,2-9H2,1H3,(H2,18,19,20);1H. The molecule has 0 aromatic carbocycles. The summed E-state index contributed by atoms with van der Waals surface area (Å²) in [6, 6.07) is 0. The van der Waals surface area contributed by atoms with Crippen molar-refractivity contribution >= 4 is 29.9 Å². The lowest BCUT2D eigenvalue weighted by Gasteiger charge is -2.30. The minimum absolute atomic E-state index is 0. The fourth-order valence-electron chi connectivity index (χ4n) is 2.80. The van der Waals surface area contributed by atoms with Gasteiger partial charge in [-0.3, -0.25) is 4.99 Å². The van der Waals surface area contributed by atoms with E-state index in [1.54, 1.807) is 7.05 Å². The van der Waals surface area contributed by atoms with Crippen LogP contribution in [0.4, 0.5) is 13.2 Å². The van der Waals surface area contributed by atoms with E-state index in [-0.39, 0.29) is 42.7 Å². The molecular formula is C14H25F3IN3. The van der Waals surface area contributed by atoms with E-state index < -0.39 is 12.1 Å². The van der Waals surface area contributed by atoms with Crippen LogP contribution in [0.5, 0.6) is 0 Å². The van der Waals surface area contributed by atoms with Gasteiger partial charge in [-0.1, -0.05) is 6.42 Å². The topological polar surface area (TPSA) is 36.4 Å². The fourth-order valence-corrected chi connectivity index (χ4v) is 2.80. The molecule has 0 aliphatic heterocycles. The third kappa shape index (κ3) is 6.61. The van der Waals surface area contributed by atoms with Gasteiger partial charge in [0.05, 0.1) is 5.92 Å². The van der Waals surface area contributed by atoms with Gasteiger partial charge < -0.3 is 10.6 Å². The number of rotatable bonds is 4. The molecular weight excluding hydrogens is 394 g/mol. The highest BCUT2D eigenvalue weighted by atomic mass is 127. The predicted molar refractivity (Wildman–Crippen MR) is 89.0 cm³/mol. The minimum atomic E-state index is -4.04. The molecule has 3 nitrogen and oxygen atoms in total. The Balaban J connectivity index is 0.00000220. The second-order valence-electron chi connectivity index (χ2n) is 6.05. The van der Waals surface area contributed by atoms with E-state index in [1.165, 1.54) is 12.8 Å². The summed E-state index contributed by atoms with van der Waals surface area (Å²) in [6.45, 7) is 1.49. The van der Waals surface area contributed by atoms with Crippen molar-refractivity contribution in [2.24, 2.45) is 22.7 Å². The van der Waals surface area contributed by atoms with Crippen LogP contribution in [0.25, 0.3) is 0 Å². The quantitative estimate of drug-likeness (QED) is 0.416. The second-order valence-corrected chi connectivity index (χ2v) is 6.05. The van der Waals surface area contributed by atoms with Crippen molar-refractivity contribution < 1.29 is 13.2 Å². The van der Waals surface area contributed by atoms with Gasteiger partial charge in [0.25, 0.3) is 0 Å². The van der Waals surface area contributed by atoms with Crippen LogP contribution in [0.3, 0.4) is 0 Å². The number of nitrogens with zero attached hydrogens (tertiary/aromatic N) is 1. The van der Waals surface area contributed by atoms with Crippen molar-refractivity contribution in [1.82, 2.24) is 10.6 Å². The first-order valence-electron chi connectivity index (χ1n) is 7.50. The van der Waals surface area contributed by atoms with E-state index in [4.69, 9.17) is 0 Å². The van der Waals surface area contributed by atoms with E-state index in [2.05, 4.69) is 15.6 Å². The molecule has 2 saturated carbocycles. The second kappa shape index (κ2) is 8.43. The van der Waals surface area contributed by atoms with E-state index in [0.29, 0.717) is 18.9 Å². The molecule has 0 heterocycles. The zero-order valence-electron chi connectivity index (χ0n) is 12.4. The smallest absolute Gasteiger partial charge is 0.356 e. The summed E-state index contributed by atoms with van der Waals surface area (Å²) < 4.78 is 38.2. The van der Waals surface area contributed by atoms with Crippen LogP contribution in [-0.4, -0.2) is 32.3 Å². The molecule has 2 aliphatic rings. The Kier molecular flexibility index (Phi) is 7.56. The van der Waals surface area contributed by atoms with Gasteiger partial charge in [0.1, 0.15) is 0 Å². The number of hydrogen-bond donors (Lipinski definition) is 2. The van der Waals surface area contributed by atoms with Crippen LogP contribution < -0.4 is 10.6 Å². The largest absolute Gasteiger partial charge is 0.391 e. The number of hydrogen-bond acceptors (Lipinski definition) is 1. The lowest BCUT2D eigenvalue weighted by molar-refractivity contribution is -0.185. The monoisotopic (exact) mass is 419 g/mol. The zero-order valence-corrected chi connectivity index (χ0v) is 14.7. The summed E-state index contributed by atoms with van der Waals surface area (Å²) in [5, 5.41) is 6.39. The Bertz CT molecular complexity index is 343. The van der Waals surface area contributed by atoms with Crippen LogP contribution in [-0.2, 0) is 0 Å². The Morgan fingerprint density at radius 3 is 2.19 bits per heavy atom. The van der Waals surface area contributed by atoms with Crippen LogP contribution in [0.2, 0.25) is 0 Å². The van der Waals surface area contributed by atoms with Gasteiger partial charge in [0, 0.05) is 20.1 Å². The van der Waals surface area contributed by atoms with Gasteiger partial charge >= 0.3 is 6.18 Å². The maximum atomic E-state index is 12.7. The molecule has 0 aromatic heterocycles. The molecule has 2 rings (SSSR count). The average Bonchev–Trinajstić information content (AvgIpc) is 3.22. The summed E-state index contributed by atoms with van der Waals surface area (Å²) in [7, 11) is 1.70. The SMILES string of the molecule is CN=C(NCC1CC1)NCC1CCCC(C(F)(F)F)C1.I. The minimum Gasteiger partial charge on any atom is -0.356 e. The van der Waals surface area contributed by atoms with Crippen molar-refractivity contribution in [2.75, 3.05) is 20.1 Å². The van der Waals surface area contributed by atoms with Crippen molar-refractivity contribution in [3.63, 3.8) is 0 Å². The van der Waals surface area contributed by atoms with Crippen molar-refractivity contribution in [3.8, 4) is 0 Å². The molecule has 2 fully saturated rings. The Hall–Kier alpha value is -0.210. The lowest BCUT2D eigenvalue weighted by Crippen LogP contribution is -2.42. The number of aliphatic imine (C=N–C) groups is 1. The molecule has 2 aliphatic carbocycles. The van der Waals surface area contributed by atoms with Gasteiger partial charge in [-0.25, -0.2) is 0 Å². The average molecular weight is 419 g/mol. The van der Waals surface area contributed by atoms with Gasteiger partial charge in [-0.05, 0) is 43.9 Å². The fraction of sp³-hybridized carbons (Fsp3) is 0.929. The Morgan fingerprint density at radius 2 is 1.67 bits per heavy atom. The number of guanidine groups is 1. The van der Waals surface area contributed by atoms with Crippen molar-refractivity contribution in [2.45, 2.75) is 44.7 Å². The summed E-state index contributed by atoms with van der Waals surface area (Å²) in [6.07, 6.45) is 0.568. The molecule has 21 heavy (non-hydrogen) atoms. The molecule has 0 spiro atoms. The first-order valence-corrected chi connectivity index (χ1v) is 7.50. The number of halogens is 4. The molecule has 0 bridgehead atoms. The van der Waals surface area contributed by atoms with Crippen molar-refractivity contribution in [1.29, 1.82) is 0 Å². The highest BCUT2D eigenvalue weighted by molar-refractivity contribution is 14.0. The number of alkyl halides is 3. The highest BCUT2D eigenvalue weighted by Crippen LogP contribution is 2.39. The van der Waals surface area contributed by atoms with Gasteiger partial charge in [-0.2, -0.15) is 13.2 Å². The lowest BCUT2D eigenvalue weighted by atomic mass is 9.81. The van der Waals surface area contributed by atoms with E-state index >= 15 is 0 Å². The molecule has 0 aromatic rings. The summed E-state index contributed by atoms with van der Waals surface area (Å²) in [5.74, 6) is 0.434. The summed E-state index contributed by atoms with van der Waals surface area (Å²) >= 11 is 0. The normalized spacial score (nSPS) is 27.0. The van der Waals surface area contributed by atoms with Crippen LogP contribution in [0.1, 0.15) is 38.5 Å². The highest BCUT2D eigenvalue weighted by Gasteiger charge is 2.42. The molecule has 2 unspecified atom stereocenters. The predicted octanol–water partition coefficient (Wildman–Crippen LogP) is 3.55. The maximum absolute atomic E-state index is 12.7. The van der Waals surface area contributed by atoms with Crippen molar-refractivity contribution in [3.05, 3.63) is 0 Å². The van der Waals surface area contributed by atoms with E-state index in [9.17, 15) is 13.2 Å². The summed E-state index contributed by atoms with van der Waals surface area (Å²) in [4.78, 5) is 4.11. The summed E-state index contributed by atoms with van der Waals surface area (Å²) in [5.41, 5.74) is 0. The van der Waals surface area contributed by atoms with Crippen LogP contribution in [0.15, 0.2) is 4.99 Å². The molecule has 7 heteroatoms. The molecule has 2 atom stereocenters. The first-order chi connectivity index (χ1) is 9.49. The van der Waals surface area contributed by atoms with E-state index in [0.717, 1.165) is 18.9 Å². The van der Waals surface area contributed by atoms with Crippen LogP contribution in [0, 0.1) is 17.8 Å². The Labute approximate surface area is 141 Å². The van der Waals surface area contributed by atoms with Crippen LogP contribution >= 0.6 is 24.0 Å². The molecule has 0 saturated heterocycles. The number of nitrogens with one attached hydrogen (secondary N) is 2. The first kappa shape index (κ1) is 18.8. The van der Waals surface area contributed by atoms with Gasteiger partial charge in [0.2, 0.25) is 0 Å². The molecule has 2 N–H and O–H groups in total.